The molecule has 0 radical (unpaired) electrons. The summed E-state index contributed by atoms with van der Waals surface area (Å²) in [5.74, 6) is 0.755. The Hall–Kier alpha value is -3.06. The number of hydrogen-bond donors (Lipinski definition) is 3. The molecule has 0 spiro atoms. The van der Waals surface area contributed by atoms with Gasteiger partial charge in [-0.15, -0.1) is 11.3 Å². The van der Waals surface area contributed by atoms with Crippen molar-refractivity contribution in [3.8, 4) is 28.5 Å². The number of aromatic hydroxyl groups is 2. The van der Waals surface area contributed by atoms with Crippen LogP contribution in [0.15, 0.2) is 52.9 Å². The fourth-order valence-electron chi connectivity index (χ4n) is 2.02. The van der Waals surface area contributed by atoms with E-state index in [-0.39, 0.29) is 11.5 Å². The third-order valence-electron chi connectivity index (χ3n) is 3.27. The minimum atomic E-state index is -0.0430. The lowest BCUT2D eigenvalue weighted by Gasteiger charge is -2.00. The molecule has 3 aromatic rings. The van der Waals surface area contributed by atoms with Crippen molar-refractivity contribution in [1.82, 2.24) is 4.98 Å². The molecule has 0 unspecified atom stereocenters. The maximum Gasteiger partial charge on any atom is 0.203 e. The zero-order chi connectivity index (χ0) is 16.9. The molecule has 0 aliphatic carbocycles. The van der Waals surface area contributed by atoms with E-state index >= 15 is 0 Å². The van der Waals surface area contributed by atoms with E-state index in [0.717, 1.165) is 17.0 Å². The van der Waals surface area contributed by atoms with Gasteiger partial charge in [-0.2, -0.15) is 5.10 Å². The van der Waals surface area contributed by atoms with Crippen molar-refractivity contribution >= 4 is 22.7 Å². The van der Waals surface area contributed by atoms with Crippen LogP contribution >= 0.6 is 11.3 Å². The van der Waals surface area contributed by atoms with E-state index in [4.69, 9.17) is 4.74 Å². The van der Waals surface area contributed by atoms with E-state index in [0.29, 0.717) is 10.7 Å². The van der Waals surface area contributed by atoms with Gasteiger partial charge in [0.15, 0.2) is 0 Å². The summed E-state index contributed by atoms with van der Waals surface area (Å²) in [6.45, 7) is 0. The first-order valence-electron chi connectivity index (χ1n) is 7.07. The van der Waals surface area contributed by atoms with Gasteiger partial charge in [-0.25, -0.2) is 4.98 Å². The Morgan fingerprint density at radius 1 is 1.17 bits per heavy atom. The first-order valence-corrected chi connectivity index (χ1v) is 7.94. The number of nitrogens with zero attached hydrogens (tertiary/aromatic N) is 2. The second kappa shape index (κ2) is 7.01. The van der Waals surface area contributed by atoms with Crippen molar-refractivity contribution in [2.45, 2.75) is 0 Å². The van der Waals surface area contributed by atoms with Crippen molar-refractivity contribution in [2.24, 2.45) is 5.10 Å². The number of hydrogen-bond acceptors (Lipinski definition) is 7. The van der Waals surface area contributed by atoms with Crippen LogP contribution in [0.2, 0.25) is 0 Å². The van der Waals surface area contributed by atoms with Crippen molar-refractivity contribution < 1.29 is 14.9 Å². The minimum absolute atomic E-state index is 0.00154. The average Bonchev–Trinajstić information content (AvgIpc) is 3.06. The molecule has 1 aromatic heterocycles. The Morgan fingerprint density at radius 3 is 2.67 bits per heavy atom. The van der Waals surface area contributed by atoms with Crippen LogP contribution in [0.3, 0.4) is 0 Å². The lowest BCUT2D eigenvalue weighted by Crippen LogP contribution is -1.90. The molecule has 0 saturated heterocycles. The second-order valence-corrected chi connectivity index (χ2v) is 5.74. The van der Waals surface area contributed by atoms with Gasteiger partial charge in [0.1, 0.15) is 17.2 Å². The molecule has 3 rings (SSSR count). The summed E-state index contributed by atoms with van der Waals surface area (Å²) in [5, 5.41) is 25.5. The van der Waals surface area contributed by atoms with Gasteiger partial charge in [-0.3, -0.25) is 5.43 Å². The summed E-state index contributed by atoms with van der Waals surface area (Å²) in [6.07, 6.45) is 1.46. The first-order chi connectivity index (χ1) is 11.7. The molecular weight excluding hydrogens is 326 g/mol. The predicted octanol–water partition coefficient (Wildman–Crippen LogP) is 3.68. The minimum Gasteiger partial charge on any atom is -0.508 e. The van der Waals surface area contributed by atoms with Crippen LogP contribution in [0.1, 0.15) is 5.56 Å². The normalized spacial score (nSPS) is 10.9. The van der Waals surface area contributed by atoms with Crippen LogP contribution < -0.4 is 10.2 Å². The number of aromatic nitrogens is 1. The van der Waals surface area contributed by atoms with Crippen LogP contribution in [-0.4, -0.2) is 28.5 Å². The van der Waals surface area contributed by atoms with Crippen LogP contribution in [0, 0.1) is 0 Å². The maximum absolute atomic E-state index is 9.68. The van der Waals surface area contributed by atoms with E-state index in [1.165, 1.54) is 29.7 Å². The Labute approximate surface area is 142 Å². The fourth-order valence-corrected chi connectivity index (χ4v) is 2.69. The molecule has 0 amide bonds. The van der Waals surface area contributed by atoms with Crippen molar-refractivity contribution in [1.29, 1.82) is 0 Å². The number of phenolic OH excluding ortho intramolecular Hbond substituents is 2. The van der Waals surface area contributed by atoms with Gasteiger partial charge in [0.05, 0.1) is 19.0 Å². The summed E-state index contributed by atoms with van der Waals surface area (Å²) in [7, 11) is 1.63. The summed E-state index contributed by atoms with van der Waals surface area (Å²) in [6, 6.07) is 11.9. The van der Waals surface area contributed by atoms with Crippen molar-refractivity contribution in [3.05, 3.63) is 53.4 Å². The maximum atomic E-state index is 9.68. The number of benzene rings is 2. The molecule has 6 nitrogen and oxygen atoms in total. The van der Waals surface area contributed by atoms with Crippen molar-refractivity contribution in [3.63, 3.8) is 0 Å². The molecule has 0 aliphatic heterocycles. The average molecular weight is 341 g/mol. The molecule has 24 heavy (non-hydrogen) atoms. The summed E-state index contributed by atoms with van der Waals surface area (Å²) in [4.78, 5) is 4.45. The Bertz CT molecular complexity index is 860. The van der Waals surface area contributed by atoms with Gasteiger partial charge < -0.3 is 14.9 Å². The van der Waals surface area contributed by atoms with Crippen LogP contribution in [0.25, 0.3) is 11.3 Å². The van der Waals surface area contributed by atoms with Gasteiger partial charge in [0.25, 0.3) is 0 Å². The van der Waals surface area contributed by atoms with Crippen LogP contribution in [-0.2, 0) is 0 Å². The number of methoxy groups -OCH3 is 1. The molecular formula is C17H15N3O3S. The molecule has 0 bridgehead atoms. The van der Waals surface area contributed by atoms with E-state index in [9.17, 15) is 10.2 Å². The SMILES string of the molecule is COc1ccc(-c2csc(NN=Cc3ccc(O)cc3O)n2)cc1. The summed E-state index contributed by atoms with van der Waals surface area (Å²) >= 11 is 1.43. The van der Waals surface area contributed by atoms with Gasteiger partial charge >= 0.3 is 0 Å². The number of ether oxygens (including phenoxy) is 1. The molecule has 0 atom stereocenters. The third kappa shape index (κ3) is 3.64. The number of anilines is 1. The second-order valence-electron chi connectivity index (χ2n) is 4.88. The fraction of sp³-hybridized carbons (Fsp3) is 0.0588. The quantitative estimate of drug-likeness (QED) is 0.487. The van der Waals surface area contributed by atoms with Gasteiger partial charge in [0.2, 0.25) is 5.13 Å². The van der Waals surface area contributed by atoms with Crippen LogP contribution in [0.5, 0.6) is 17.2 Å². The number of rotatable bonds is 5. The molecule has 0 saturated carbocycles. The molecule has 3 N–H and O–H groups in total. The lowest BCUT2D eigenvalue weighted by atomic mass is 10.2. The molecule has 0 fully saturated rings. The highest BCUT2D eigenvalue weighted by molar-refractivity contribution is 7.14. The largest absolute Gasteiger partial charge is 0.508 e. The highest BCUT2D eigenvalue weighted by Crippen LogP contribution is 2.26. The van der Waals surface area contributed by atoms with Gasteiger partial charge in [-0.05, 0) is 36.4 Å². The predicted molar refractivity (Wildman–Crippen MR) is 95.1 cm³/mol. The number of nitrogens with one attached hydrogen (secondary N) is 1. The molecule has 2 aromatic carbocycles. The smallest absolute Gasteiger partial charge is 0.203 e. The monoisotopic (exact) mass is 341 g/mol. The van der Waals surface area contributed by atoms with Crippen LogP contribution in [0.4, 0.5) is 5.13 Å². The zero-order valence-corrected chi connectivity index (χ0v) is 13.6. The summed E-state index contributed by atoms with van der Waals surface area (Å²) in [5.41, 5.74) is 5.15. The lowest BCUT2D eigenvalue weighted by molar-refractivity contribution is 0.415. The molecule has 0 aliphatic rings. The standard InChI is InChI=1S/C17H15N3O3S/c1-23-14-6-3-11(4-7-14)15-10-24-17(19-15)20-18-9-12-2-5-13(21)8-16(12)22/h2-10,21-22H,1H3,(H,19,20). The topological polar surface area (TPSA) is 87.0 Å². The van der Waals surface area contributed by atoms with E-state index < -0.39 is 0 Å². The van der Waals surface area contributed by atoms with Gasteiger partial charge in [-0.1, -0.05) is 0 Å². The van der Waals surface area contributed by atoms with Crippen molar-refractivity contribution in [2.75, 3.05) is 12.5 Å². The first kappa shape index (κ1) is 15.8. The highest BCUT2D eigenvalue weighted by atomic mass is 32.1. The number of thiazole rings is 1. The highest BCUT2D eigenvalue weighted by Gasteiger charge is 2.04. The molecule has 1 heterocycles. The Morgan fingerprint density at radius 2 is 1.96 bits per heavy atom. The summed E-state index contributed by atoms with van der Waals surface area (Å²) < 4.78 is 5.14. The zero-order valence-electron chi connectivity index (χ0n) is 12.8. The van der Waals surface area contributed by atoms with E-state index in [1.807, 2.05) is 29.6 Å². The Balaban J connectivity index is 1.68. The Kier molecular flexibility index (Phi) is 4.62. The third-order valence-corrected chi connectivity index (χ3v) is 4.01. The molecule has 122 valence electrons. The number of phenols is 2. The van der Waals surface area contributed by atoms with Gasteiger partial charge in [0, 0.05) is 22.6 Å². The number of hydrazone groups is 1. The molecule has 7 heteroatoms. The van der Waals surface area contributed by atoms with E-state index in [1.54, 1.807) is 13.2 Å². The van der Waals surface area contributed by atoms with E-state index in [2.05, 4.69) is 15.5 Å².